The molecular weight excluding hydrogens is 184 g/mol. The Balaban J connectivity index is 2.49. The van der Waals surface area contributed by atoms with E-state index in [1.807, 2.05) is 0 Å². The molecule has 0 saturated carbocycles. The number of benzene rings is 1. The van der Waals surface area contributed by atoms with Gasteiger partial charge < -0.3 is 9.84 Å². The Hall–Kier alpha value is -1.68. The Bertz CT molecular complexity index is 409. The number of rotatable bonds is 1. The highest BCUT2D eigenvalue weighted by Crippen LogP contribution is 2.19. The van der Waals surface area contributed by atoms with Crippen LogP contribution in [-0.2, 0) is 22.6 Å². The lowest BCUT2D eigenvalue weighted by Gasteiger charge is -2.14. The van der Waals surface area contributed by atoms with Crippen molar-refractivity contribution in [3.05, 3.63) is 34.9 Å². The summed E-state index contributed by atoms with van der Waals surface area (Å²) < 4.78 is 4.45. The van der Waals surface area contributed by atoms with E-state index in [9.17, 15) is 9.59 Å². The maximum Gasteiger partial charge on any atom is 0.346 e. The maximum atomic E-state index is 11.2. The van der Waals surface area contributed by atoms with Crippen LogP contribution in [0.3, 0.4) is 0 Å². The molecule has 0 saturated heterocycles. The van der Waals surface area contributed by atoms with Crippen molar-refractivity contribution in [2.75, 3.05) is 0 Å². The highest BCUT2D eigenvalue weighted by atomic mass is 16.6. The van der Waals surface area contributed by atoms with Crippen LogP contribution in [0, 0.1) is 0 Å². The first-order valence-corrected chi connectivity index (χ1v) is 4.18. The second-order valence-electron chi connectivity index (χ2n) is 3.09. The third-order valence-corrected chi connectivity index (χ3v) is 2.11. The van der Waals surface area contributed by atoms with E-state index < -0.39 is 11.9 Å². The SMILES string of the molecule is O=C1Cc2cc(CO)ccc2C(=O)O1. The zero-order valence-corrected chi connectivity index (χ0v) is 7.32. The zero-order valence-electron chi connectivity index (χ0n) is 7.32. The predicted molar refractivity (Wildman–Crippen MR) is 46.5 cm³/mol. The predicted octanol–water partition coefficient (Wildman–Crippen LogP) is 0.418. The summed E-state index contributed by atoms with van der Waals surface area (Å²) in [4.78, 5) is 22.1. The highest BCUT2D eigenvalue weighted by molar-refractivity contribution is 6.02. The minimum atomic E-state index is -0.610. The molecule has 0 amide bonds. The molecular formula is C10H8O4. The van der Waals surface area contributed by atoms with Gasteiger partial charge in [0.05, 0.1) is 18.6 Å². The molecule has 1 aromatic rings. The molecule has 0 spiro atoms. The molecule has 0 fully saturated rings. The summed E-state index contributed by atoms with van der Waals surface area (Å²) in [5.41, 5.74) is 1.71. The number of carbonyl (C=O) groups is 2. The summed E-state index contributed by atoms with van der Waals surface area (Å²) in [6.07, 6.45) is 0.0922. The Morgan fingerprint density at radius 2 is 2.14 bits per heavy atom. The lowest BCUT2D eigenvalue weighted by Crippen LogP contribution is -2.22. The van der Waals surface area contributed by atoms with Gasteiger partial charge in [-0.3, -0.25) is 4.79 Å². The lowest BCUT2D eigenvalue weighted by molar-refractivity contribution is -0.137. The summed E-state index contributed by atoms with van der Waals surface area (Å²) in [6, 6.07) is 4.85. The van der Waals surface area contributed by atoms with E-state index in [4.69, 9.17) is 5.11 Å². The van der Waals surface area contributed by atoms with Crippen LogP contribution >= 0.6 is 0 Å². The first-order valence-electron chi connectivity index (χ1n) is 4.18. The largest absolute Gasteiger partial charge is 0.392 e. The minimum absolute atomic E-state index is 0.0922. The van der Waals surface area contributed by atoms with Crippen LogP contribution < -0.4 is 0 Å². The number of fused-ring (bicyclic) bond motifs is 1. The molecule has 0 radical (unpaired) electrons. The van der Waals surface area contributed by atoms with E-state index in [0.29, 0.717) is 16.7 Å². The van der Waals surface area contributed by atoms with Crippen molar-refractivity contribution in [3.8, 4) is 0 Å². The van der Waals surface area contributed by atoms with Crippen molar-refractivity contribution in [3.63, 3.8) is 0 Å². The van der Waals surface area contributed by atoms with Crippen molar-refractivity contribution in [2.45, 2.75) is 13.0 Å². The maximum absolute atomic E-state index is 11.2. The topological polar surface area (TPSA) is 63.6 Å². The van der Waals surface area contributed by atoms with Gasteiger partial charge in [-0.05, 0) is 17.2 Å². The number of cyclic esters (lactones) is 2. The number of ether oxygens (including phenoxy) is 1. The van der Waals surface area contributed by atoms with Gasteiger partial charge in [-0.25, -0.2) is 4.79 Å². The second-order valence-corrected chi connectivity index (χ2v) is 3.09. The molecule has 0 unspecified atom stereocenters. The molecule has 1 heterocycles. The molecule has 1 aliphatic heterocycles. The van der Waals surface area contributed by atoms with Crippen LogP contribution in [0.4, 0.5) is 0 Å². The van der Waals surface area contributed by atoms with Crippen LogP contribution in [0.25, 0.3) is 0 Å². The van der Waals surface area contributed by atoms with E-state index in [-0.39, 0.29) is 13.0 Å². The van der Waals surface area contributed by atoms with Gasteiger partial charge in [0.2, 0.25) is 0 Å². The summed E-state index contributed by atoms with van der Waals surface area (Å²) >= 11 is 0. The van der Waals surface area contributed by atoms with Gasteiger partial charge in [0.25, 0.3) is 0 Å². The third-order valence-electron chi connectivity index (χ3n) is 2.11. The molecule has 4 heteroatoms. The van der Waals surface area contributed by atoms with E-state index in [2.05, 4.69) is 4.74 Å². The molecule has 0 atom stereocenters. The first-order chi connectivity index (χ1) is 6.70. The number of hydrogen-bond acceptors (Lipinski definition) is 4. The number of aliphatic hydroxyl groups excluding tert-OH is 1. The Morgan fingerprint density at radius 3 is 2.86 bits per heavy atom. The van der Waals surface area contributed by atoms with E-state index in [1.165, 1.54) is 0 Å². The molecule has 1 N–H and O–H groups in total. The second kappa shape index (κ2) is 3.23. The van der Waals surface area contributed by atoms with Crippen molar-refractivity contribution in [1.82, 2.24) is 0 Å². The van der Waals surface area contributed by atoms with Crippen LogP contribution in [-0.4, -0.2) is 17.0 Å². The first kappa shape index (κ1) is 8.90. The Kier molecular flexibility index (Phi) is 2.05. The Morgan fingerprint density at radius 1 is 1.36 bits per heavy atom. The van der Waals surface area contributed by atoms with Crippen molar-refractivity contribution in [1.29, 1.82) is 0 Å². The summed E-state index contributed by atoms with van der Waals surface area (Å²) in [7, 11) is 0. The number of esters is 2. The smallest absolute Gasteiger partial charge is 0.346 e. The third kappa shape index (κ3) is 1.40. The molecule has 1 aliphatic rings. The summed E-state index contributed by atoms with van der Waals surface area (Å²) in [5.74, 6) is -1.15. The fourth-order valence-electron chi connectivity index (χ4n) is 1.44. The fraction of sp³-hybridized carbons (Fsp3) is 0.200. The van der Waals surface area contributed by atoms with Gasteiger partial charge in [-0.1, -0.05) is 12.1 Å². The normalized spacial score (nSPS) is 14.9. The molecule has 72 valence electrons. The molecule has 1 aromatic carbocycles. The summed E-state index contributed by atoms with van der Waals surface area (Å²) in [5, 5.41) is 8.87. The monoisotopic (exact) mass is 192 g/mol. The van der Waals surface area contributed by atoms with Crippen molar-refractivity contribution >= 4 is 11.9 Å². The van der Waals surface area contributed by atoms with E-state index in [0.717, 1.165) is 0 Å². The van der Waals surface area contributed by atoms with Gasteiger partial charge in [0, 0.05) is 0 Å². The zero-order chi connectivity index (χ0) is 10.1. The van der Waals surface area contributed by atoms with Crippen LogP contribution in [0.15, 0.2) is 18.2 Å². The number of carbonyl (C=O) groups excluding carboxylic acids is 2. The van der Waals surface area contributed by atoms with Gasteiger partial charge in [-0.2, -0.15) is 0 Å². The quantitative estimate of drug-likeness (QED) is 0.517. The molecule has 0 bridgehead atoms. The molecule has 2 rings (SSSR count). The molecule has 0 aliphatic carbocycles. The average Bonchev–Trinajstić information content (AvgIpc) is 2.16. The van der Waals surface area contributed by atoms with Gasteiger partial charge in [-0.15, -0.1) is 0 Å². The average molecular weight is 192 g/mol. The van der Waals surface area contributed by atoms with Crippen molar-refractivity contribution < 1.29 is 19.4 Å². The Labute approximate surface area is 80.1 Å². The van der Waals surface area contributed by atoms with Crippen LogP contribution in [0.5, 0.6) is 0 Å². The molecule has 0 aromatic heterocycles. The van der Waals surface area contributed by atoms with Crippen molar-refractivity contribution in [2.24, 2.45) is 0 Å². The minimum Gasteiger partial charge on any atom is -0.392 e. The van der Waals surface area contributed by atoms with Gasteiger partial charge in [0.1, 0.15) is 0 Å². The lowest BCUT2D eigenvalue weighted by atomic mass is 10.00. The van der Waals surface area contributed by atoms with Crippen LogP contribution in [0.1, 0.15) is 21.5 Å². The fourth-order valence-corrected chi connectivity index (χ4v) is 1.44. The molecule has 4 nitrogen and oxygen atoms in total. The highest BCUT2D eigenvalue weighted by Gasteiger charge is 2.24. The standard InChI is InChI=1S/C10H8O4/c11-5-6-1-2-8-7(3-6)4-9(12)14-10(8)13/h1-3,11H,4-5H2. The number of hydrogen-bond donors (Lipinski definition) is 1. The van der Waals surface area contributed by atoms with Gasteiger partial charge in [0.15, 0.2) is 0 Å². The van der Waals surface area contributed by atoms with Gasteiger partial charge >= 0.3 is 11.9 Å². The van der Waals surface area contributed by atoms with E-state index >= 15 is 0 Å². The number of aliphatic hydroxyl groups is 1. The van der Waals surface area contributed by atoms with E-state index in [1.54, 1.807) is 18.2 Å². The molecule has 14 heavy (non-hydrogen) atoms. The van der Waals surface area contributed by atoms with Crippen LogP contribution in [0.2, 0.25) is 0 Å². The summed E-state index contributed by atoms with van der Waals surface area (Å²) in [6.45, 7) is -0.101.